The number of unbranched alkanes of at least 4 members (excludes halogenated alkanes) is 1. The van der Waals surface area contributed by atoms with E-state index in [1.807, 2.05) is 19.9 Å². The molecule has 2 aromatic heterocycles. The van der Waals surface area contributed by atoms with Crippen molar-refractivity contribution in [2.75, 3.05) is 23.0 Å². The van der Waals surface area contributed by atoms with Gasteiger partial charge in [-0.3, -0.25) is 14.9 Å². The second-order valence-electron chi connectivity index (χ2n) is 6.48. The van der Waals surface area contributed by atoms with E-state index in [1.54, 1.807) is 40.5 Å². The molecule has 1 N–H and O–H groups in total. The zero-order valence-corrected chi connectivity index (χ0v) is 16.0. The number of carbonyl (C=O) groups is 1. The Hall–Kier alpha value is -3.21. The summed E-state index contributed by atoms with van der Waals surface area (Å²) < 4.78 is 0. The van der Waals surface area contributed by atoms with Crippen LogP contribution >= 0.6 is 0 Å². The fourth-order valence-corrected chi connectivity index (χ4v) is 2.48. The van der Waals surface area contributed by atoms with Gasteiger partial charge < -0.3 is 0 Å². The average molecular weight is 367 g/mol. The zero-order valence-electron chi connectivity index (χ0n) is 16.0. The Morgan fingerprint density at radius 1 is 1.26 bits per heavy atom. The fraction of sp³-hybridized carbons (Fsp3) is 0.421. The first-order chi connectivity index (χ1) is 13.0. The van der Waals surface area contributed by atoms with Crippen molar-refractivity contribution in [3.8, 4) is 6.07 Å². The third-order valence-electron chi connectivity index (χ3n) is 3.75. The van der Waals surface area contributed by atoms with Crippen LogP contribution in [-0.4, -0.2) is 34.1 Å². The largest absolute Gasteiger partial charge is 0.340 e. The van der Waals surface area contributed by atoms with Gasteiger partial charge in [0, 0.05) is 43.4 Å². The first kappa shape index (κ1) is 20.1. The van der Waals surface area contributed by atoms with E-state index in [-0.39, 0.29) is 17.8 Å². The van der Waals surface area contributed by atoms with Crippen molar-refractivity contribution in [2.45, 2.75) is 33.6 Å². The van der Waals surface area contributed by atoms with Crippen LogP contribution in [0.3, 0.4) is 0 Å². The number of anilines is 2. The Morgan fingerprint density at radius 3 is 2.63 bits per heavy atom. The second kappa shape index (κ2) is 10.1. The smallest absolute Gasteiger partial charge is 0.293 e. The first-order valence-corrected chi connectivity index (χ1v) is 9.04. The van der Waals surface area contributed by atoms with Crippen molar-refractivity contribution in [2.24, 2.45) is 5.92 Å². The summed E-state index contributed by atoms with van der Waals surface area (Å²) in [6.07, 6.45) is 6.69. The van der Waals surface area contributed by atoms with E-state index in [0.717, 1.165) is 18.5 Å². The minimum Gasteiger partial charge on any atom is -0.293 e. The number of aromatic nitrogens is 3. The number of urea groups is 1. The lowest BCUT2D eigenvalue weighted by atomic mass is 10.2. The number of rotatable bonds is 8. The molecule has 0 unspecified atom stereocenters. The number of hydrogen-bond acceptors (Lipinski definition) is 6. The Balaban J connectivity index is 2.25. The molecule has 2 amide bonds. The van der Waals surface area contributed by atoms with Gasteiger partial charge in [-0.2, -0.15) is 10.2 Å². The number of nitrogens with zero attached hydrogens (tertiary/aromatic N) is 6. The SMILES string of the molecule is CCCCN(C(=O)NN(CC(C)C)c1ccnc(C#N)n1)c1ccncc1. The number of hydrazine groups is 1. The van der Waals surface area contributed by atoms with Gasteiger partial charge in [0.05, 0.1) is 0 Å². The van der Waals surface area contributed by atoms with Crippen molar-refractivity contribution < 1.29 is 4.79 Å². The fourth-order valence-electron chi connectivity index (χ4n) is 2.48. The monoisotopic (exact) mass is 367 g/mol. The summed E-state index contributed by atoms with van der Waals surface area (Å²) in [5.74, 6) is 0.817. The van der Waals surface area contributed by atoms with Crippen molar-refractivity contribution in [1.29, 1.82) is 5.26 Å². The third kappa shape index (κ3) is 5.92. The average Bonchev–Trinajstić information content (AvgIpc) is 2.68. The van der Waals surface area contributed by atoms with E-state index >= 15 is 0 Å². The van der Waals surface area contributed by atoms with Crippen LogP contribution in [0.15, 0.2) is 36.8 Å². The lowest BCUT2D eigenvalue weighted by Gasteiger charge is -2.30. The molecule has 0 saturated heterocycles. The molecule has 0 bridgehead atoms. The standard InChI is InChI=1S/C19H25N7O/c1-4-5-12-25(16-6-9-21-10-7-16)19(27)24-26(14-15(2)3)18-8-11-22-17(13-20)23-18/h6-11,15H,4-5,12,14H2,1-3H3,(H,24,27). The molecular formula is C19H25N7O. The summed E-state index contributed by atoms with van der Waals surface area (Å²) >= 11 is 0. The highest BCUT2D eigenvalue weighted by Crippen LogP contribution is 2.15. The minimum atomic E-state index is -0.257. The molecule has 0 radical (unpaired) electrons. The van der Waals surface area contributed by atoms with Gasteiger partial charge in [0.2, 0.25) is 5.82 Å². The van der Waals surface area contributed by atoms with Crippen molar-refractivity contribution in [3.63, 3.8) is 0 Å². The molecule has 142 valence electrons. The minimum absolute atomic E-state index is 0.0625. The summed E-state index contributed by atoms with van der Waals surface area (Å²) in [6, 6.07) is 6.95. The number of amides is 2. The second-order valence-corrected chi connectivity index (χ2v) is 6.48. The molecule has 0 saturated carbocycles. The Morgan fingerprint density at radius 2 is 2.00 bits per heavy atom. The van der Waals surface area contributed by atoms with Crippen LogP contribution < -0.4 is 15.3 Å². The molecule has 0 aliphatic carbocycles. The maximum Gasteiger partial charge on any atom is 0.340 e. The molecule has 0 aliphatic heterocycles. The number of hydrogen-bond donors (Lipinski definition) is 1. The van der Waals surface area contributed by atoms with E-state index in [0.29, 0.717) is 18.9 Å². The summed E-state index contributed by atoms with van der Waals surface area (Å²) in [5.41, 5.74) is 3.70. The topological polar surface area (TPSA) is 98.0 Å². The Kier molecular flexibility index (Phi) is 7.49. The van der Waals surface area contributed by atoms with E-state index in [2.05, 4.69) is 27.3 Å². The van der Waals surface area contributed by atoms with Gasteiger partial charge in [-0.05, 0) is 24.5 Å². The van der Waals surface area contributed by atoms with Crippen LogP contribution in [0.1, 0.15) is 39.4 Å². The lowest BCUT2D eigenvalue weighted by molar-refractivity contribution is 0.244. The molecule has 27 heavy (non-hydrogen) atoms. The molecule has 8 heteroatoms. The molecule has 0 atom stereocenters. The number of pyridine rings is 1. The van der Waals surface area contributed by atoms with Crippen LogP contribution in [0.2, 0.25) is 0 Å². The van der Waals surface area contributed by atoms with Crippen molar-refractivity contribution in [3.05, 3.63) is 42.6 Å². The van der Waals surface area contributed by atoms with Gasteiger partial charge in [0.1, 0.15) is 6.07 Å². The quantitative estimate of drug-likeness (QED) is 0.720. The van der Waals surface area contributed by atoms with Gasteiger partial charge >= 0.3 is 6.03 Å². The molecule has 0 aromatic carbocycles. The number of carbonyl (C=O) groups excluding carboxylic acids is 1. The van der Waals surface area contributed by atoms with E-state index in [1.165, 1.54) is 6.20 Å². The molecule has 2 aromatic rings. The zero-order chi connectivity index (χ0) is 19.6. The molecule has 0 fully saturated rings. The lowest BCUT2D eigenvalue weighted by Crippen LogP contribution is -2.51. The summed E-state index contributed by atoms with van der Waals surface area (Å²) in [7, 11) is 0. The summed E-state index contributed by atoms with van der Waals surface area (Å²) in [4.78, 5) is 26.8. The van der Waals surface area contributed by atoms with Crippen LogP contribution in [0, 0.1) is 17.2 Å². The Labute approximate surface area is 159 Å². The van der Waals surface area contributed by atoms with Crippen molar-refractivity contribution >= 4 is 17.5 Å². The van der Waals surface area contributed by atoms with E-state index in [9.17, 15) is 4.79 Å². The molecular weight excluding hydrogens is 342 g/mol. The van der Waals surface area contributed by atoms with Crippen molar-refractivity contribution in [1.82, 2.24) is 20.4 Å². The molecule has 0 aliphatic rings. The van der Waals surface area contributed by atoms with Crippen LogP contribution in [-0.2, 0) is 0 Å². The van der Waals surface area contributed by atoms with E-state index < -0.39 is 0 Å². The molecule has 2 rings (SSSR count). The predicted octanol–water partition coefficient (Wildman–Crippen LogP) is 3.14. The van der Waals surface area contributed by atoms with Crippen LogP contribution in [0.5, 0.6) is 0 Å². The van der Waals surface area contributed by atoms with Crippen LogP contribution in [0.25, 0.3) is 0 Å². The molecule has 2 heterocycles. The maximum absolute atomic E-state index is 13.0. The molecule has 8 nitrogen and oxygen atoms in total. The van der Waals surface area contributed by atoms with Gasteiger partial charge in [-0.15, -0.1) is 0 Å². The third-order valence-corrected chi connectivity index (χ3v) is 3.75. The summed E-state index contributed by atoms with van der Waals surface area (Å²) in [6.45, 7) is 7.31. The number of nitriles is 1. The summed E-state index contributed by atoms with van der Waals surface area (Å²) in [5, 5.41) is 10.7. The van der Waals surface area contributed by atoms with Gasteiger partial charge in [0.25, 0.3) is 0 Å². The predicted molar refractivity (Wildman–Crippen MR) is 104 cm³/mol. The van der Waals surface area contributed by atoms with Gasteiger partial charge in [0.15, 0.2) is 5.82 Å². The Bertz CT molecular complexity index is 773. The van der Waals surface area contributed by atoms with Crippen LogP contribution in [0.4, 0.5) is 16.3 Å². The highest BCUT2D eigenvalue weighted by Gasteiger charge is 2.20. The molecule has 0 spiro atoms. The van der Waals surface area contributed by atoms with Gasteiger partial charge in [-0.25, -0.2) is 15.2 Å². The highest BCUT2D eigenvalue weighted by atomic mass is 16.2. The van der Waals surface area contributed by atoms with E-state index in [4.69, 9.17) is 5.26 Å². The number of nitrogens with one attached hydrogen (secondary N) is 1. The first-order valence-electron chi connectivity index (χ1n) is 9.04. The maximum atomic E-state index is 13.0. The highest BCUT2D eigenvalue weighted by molar-refractivity contribution is 5.92. The van der Waals surface area contributed by atoms with Gasteiger partial charge in [-0.1, -0.05) is 27.2 Å². The normalized spacial score (nSPS) is 10.3.